The van der Waals surface area contributed by atoms with Crippen LogP contribution in [0.15, 0.2) is 23.5 Å². The molecule has 1 N–H and O–H groups in total. The zero-order valence-electron chi connectivity index (χ0n) is 14.4. The summed E-state index contributed by atoms with van der Waals surface area (Å²) in [4.78, 5) is 9.40. The number of hydrogen-bond acceptors (Lipinski definition) is 4. The smallest absolute Gasteiger partial charge is 0.193 e. The Morgan fingerprint density at radius 1 is 1.33 bits per heavy atom. The Hall–Kier alpha value is -0.870. The Morgan fingerprint density at radius 3 is 2.88 bits per heavy atom. The molecule has 2 aliphatic heterocycles. The highest BCUT2D eigenvalue weighted by atomic mass is 127. The van der Waals surface area contributed by atoms with Crippen molar-refractivity contribution < 1.29 is 4.74 Å². The van der Waals surface area contributed by atoms with Crippen LogP contribution in [0, 0.1) is 0 Å². The van der Waals surface area contributed by atoms with E-state index < -0.39 is 0 Å². The molecular formula is C16H29IN6O. The van der Waals surface area contributed by atoms with Crippen LogP contribution in [0.25, 0.3) is 0 Å². The number of aryl methyl sites for hydroxylation is 1. The molecule has 2 saturated heterocycles. The number of guanidine groups is 1. The first-order valence-electron chi connectivity index (χ1n) is 8.61. The molecule has 1 aromatic heterocycles. The summed E-state index contributed by atoms with van der Waals surface area (Å²) in [7, 11) is 1.87. The van der Waals surface area contributed by atoms with Gasteiger partial charge in [-0.2, -0.15) is 5.10 Å². The maximum Gasteiger partial charge on any atom is 0.193 e. The molecule has 3 rings (SSSR count). The summed E-state index contributed by atoms with van der Waals surface area (Å²) in [5.74, 6) is 1.03. The van der Waals surface area contributed by atoms with Gasteiger partial charge >= 0.3 is 0 Å². The van der Waals surface area contributed by atoms with Crippen LogP contribution in [0.5, 0.6) is 0 Å². The molecule has 3 heterocycles. The number of halogens is 1. The maximum absolute atomic E-state index is 5.45. The zero-order chi connectivity index (χ0) is 15.9. The zero-order valence-corrected chi connectivity index (χ0v) is 16.8. The molecule has 0 bridgehead atoms. The van der Waals surface area contributed by atoms with Crippen LogP contribution < -0.4 is 5.32 Å². The molecule has 1 unspecified atom stereocenters. The molecule has 7 nitrogen and oxygen atoms in total. The summed E-state index contributed by atoms with van der Waals surface area (Å²) < 4.78 is 7.42. The Balaban J connectivity index is 0.00000208. The number of nitrogens with one attached hydrogen (secondary N) is 1. The van der Waals surface area contributed by atoms with Gasteiger partial charge in [-0.3, -0.25) is 14.6 Å². The van der Waals surface area contributed by atoms with Gasteiger partial charge < -0.3 is 15.0 Å². The van der Waals surface area contributed by atoms with Gasteiger partial charge in [-0.1, -0.05) is 0 Å². The third kappa shape index (κ3) is 5.32. The highest BCUT2D eigenvalue weighted by molar-refractivity contribution is 14.0. The molecule has 0 spiro atoms. The van der Waals surface area contributed by atoms with Gasteiger partial charge in [0, 0.05) is 64.8 Å². The van der Waals surface area contributed by atoms with E-state index in [1.807, 2.05) is 30.2 Å². The second-order valence-corrected chi connectivity index (χ2v) is 6.13. The van der Waals surface area contributed by atoms with Gasteiger partial charge in [-0.05, 0) is 18.9 Å². The van der Waals surface area contributed by atoms with E-state index in [0.29, 0.717) is 6.04 Å². The van der Waals surface area contributed by atoms with Gasteiger partial charge in [-0.15, -0.1) is 24.0 Å². The van der Waals surface area contributed by atoms with Crippen molar-refractivity contribution in [1.29, 1.82) is 0 Å². The highest BCUT2D eigenvalue weighted by Gasteiger charge is 2.30. The van der Waals surface area contributed by atoms with Crippen molar-refractivity contribution in [2.45, 2.75) is 25.4 Å². The standard InChI is InChI=1S/C16H28N6O.HI/c1-17-16(18-5-2-7-22-8-3-6-19-22)21-9-4-15(14-21)20-10-12-23-13-11-20;/h3,6,8,15H,2,4-5,7,9-14H2,1H3,(H,17,18);1H. The number of hydrogen-bond donors (Lipinski definition) is 1. The van der Waals surface area contributed by atoms with Crippen molar-refractivity contribution in [3.05, 3.63) is 18.5 Å². The number of ether oxygens (including phenoxy) is 1. The molecule has 2 aliphatic rings. The van der Waals surface area contributed by atoms with Crippen LogP contribution in [-0.4, -0.2) is 84.6 Å². The topological polar surface area (TPSA) is 57.9 Å². The van der Waals surface area contributed by atoms with Crippen LogP contribution in [0.1, 0.15) is 12.8 Å². The lowest BCUT2D eigenvalue weighted by Gasteiger charge is -2.32. The normalized spacial score (nSPS) is 22.5. The third-order valence-corrected chi connectivity index (χ3v) is 4.64. The van der Waals surface area contributed by atoms with Gasteiger partial charge in [-0.25, -0.2) is 0 Å². The second kappa shape index (κ2) is 10.2. The van der Waals surface area contributed by atoms with Crippen molar-refractivity contribution in [3.8, 4) is 0 Å². The van der Waals surface area contributed by atoms with E-state index in [1.165, 1.54) is 6.42 Å². The number of rotatable bonds is 5. The molecular weight excluding hydrogens is 419 g/mol. The molecule has 0 aliphatic carbocycles. The molecule has 1 aromatic rings. The fourth-order valence-electron chi connectivity index (χ4n) is 3.38. The van der Waals surface area contributed by atoms with Gasteiger partial charge in [0.05, 0.1) is 13.2 Å². The average molecular weight is 448 g/mol. The predicted molar refractivity (Wildman–Crippen MR) is 106 cm³/mol. The Morgan fingerprint density at radius 2 is 2.17 bits per heavy atom. The second-order valence-electron chi connectivity index (χ2n) is 6.13. The summed E-state index contributed by atoms with van der Waals surface area (Å²) in [5, 5.41) is 7.71. The number of aromatic nitrogens is 2. The van der Waals surface area contributed by atoms with Crippen molar-refractivity contribution in [1.82, 2.24) is 24.9 Å². The minimum absolute atomic E-state index is 0. The van der Waals surface area contributed by atoms with Crippen LogP contribution >= 0.6 is 24.0 Å². The number of likely N-dealkylation sites (tertiary alicyclic amines) is 1. The van der Waals surface area contributed by atoms with Gasteiger partial charge in [0.25, 0.3) is 0 Å². The van der Waals surface area contributed by atoms with Crippen LogP contribution in [0.2, 0.25) is 0 Å². The maximum atomic E-state index is 5.45. The number of nitrogens with zero attached hydrogens (tertiary/aromatic N) is 5. The third-order valence-electron chi connectivity index (χ3n) is 4.64. The van der Waals surface area contributed by atoms with E-state index >= 15 is 0 Å². The van der Waals surface area contributed by atoms with Crippen LogP contribution in [0.3, 0.4) is 0 Å². The molecule has 0 radical (unpaired) electrons. The minimum Gasteiger partial charge on any atom is -0.379 e. The average Bonchev–Trinajstić information content (AvgIpc) is 3.27. The minimum atomic E-state index is 0. The van der Waals surface area contributed by atoms with Crippen LogP contribution in [0.4, 0.5) is 0 Å². The summed E-state index contributed by atoms with van der Waals surface area (Å²) in [6.07, 6.45) is 6.08. The van der Waals surface area contributed by atoms with E-state index in [9.17, 15) is 0 Å². The van der Waals surface area contributed by atoms with E-state index in [2.05, 4.69) is 25.2 Å². The number of aliphatic imine (C=N–C) groups is 1. The first-order chi connectivity index (χ1) is 11.4. The van der Waals surface area contributed by atoms with E-state index in [-0.39, 0.29) is 24.0 Å². The van der Waals surface area contributed by atoms with Crippen molar-refractivity contribution >= 4 is 29.9 Å². The fraction of sp³-hybridized carbons (Fsp3) is 0.750. The first kappa shape index (κ1) is 19.5. The molecule has 136 valence electrons. The lowest BCUT2D eigenvalue weighted by molar-refractivity contribution is 0.0195. The van der Waals surface area contributed by atoms with Gasteiger partial charge in [0.15, 0.2) is 5.96 Å². The quantitative estimate of drug-likeness (QED) is 0.314. The molecule has 2 fully saturated rings. The molecule has 8 heteroatoms. The van der Waals surface area contributed by atoms with E-state index in [1.54, 1.807) is 0 Å². The Bertz CT molecular complexity index is 489. The van der Waals surface area contributed by atoms with E-state index in [4.69, 9.17) is 4.74 Å². The van der Waals surface area contributed by atoms with Crippen molar-refractivity contribution in [3.63, 3.8) is 0 Å². The van der Waals surface area contributed by atoms with Crippen LogP contribution in [-0.2, 0) is 11.3 Å². The van der Waals surface area contributed by atoms with Crippen molar-refractivity contribution in [2.75, 3.05) is 53.0 Å². The SMILES string of the molecule is CN=C(NCCCn1cccn1)N1CCC(N2CCOCC2)C1.I. The first-order valence-corrected chi connectivity index (χ1v) is 8.61. The highest BCUT2D eigenvalue weighted by Crippen LogP contribution is 2.16. The predicted octanol–water partition coefficient (Wildman–Crippen LogP) is 0.873. The Labute approximate surface area is 161 Å². The summed E-state index contributed by atoms with van der Waals surface area (Å²) >= 11 is 0. The summed E-state index contributed by atoms with van der Waals surface area (Å²) in [6, 6.07) is 2.60. The van der Waals surface area contributed by atoms with Crippen molar-refractivity contribution in [2.24, 2.45) is 4.99 Å². The monoisotopic (exact) mass is 448 g/mol. The van der Waals surface area contributed by atoms with Gasteiger partial charge in [0.1, 0.15) is 0 Å². The molecule has 0 saturated carbocycles. The molecule has 0 amide bonds. The fourth-order valence-corrected chi connectivity index (χ4v) is 3.38. The molecule has 24 heavy (non-hydrogen) atoms. The summed E-state index contributed by atoms with van der Waals surface area (Å²) in [6.45, 7) is 7.88. The largest absolute Gasteiger partial charge is 0.379 e. The lowest BCUT2D eigenvalue weighted by atomic mass is 10.2. The van der Waals surface area contributed by atoms with E-state index in [0.717, 1.165) is 64.9 Å². The molecule has 1 atom stereocenters. The summed E-state index contributed by atoms with van der Waals surface area (Å²) in [5.41, 5.74) is 0. The Kier molecular flexibility index (Phi) is 8.26. The van der Waals surface area contributed by atoms with Gasteiger partial charge in [0.2, 0.25) is 0 Å². The lowest BCUT2D eigenvalue weighted by Crippen LogP contribution is -2.46. The number of morpholine rings is 1. The molecule has 0 aromatic carbocycles.